The topological polar surface area (TPSA) is 137 Å². The van der Waals surface area contributed by atoms with Crippen LogP contribution < -0.4 is 20.7 Å². The summed E-state index contributed by atoms with van der Waals surface area (Å²) in [6.07, 6.45) is 2.02. The molecule has 28 heavy (non-hydrogen) atoms. The second-order valence-corrected chi connectivity index (χ2v) is 7.72. The van der Waals surface area contributed by atoms with E-state index in [1.807, 2.05) is 16.7 Å². The second kappa shape index (κ2) is 7.81. The van der Waals surface area contributed by atoms with Crippen LogP contribution >= 0.6 is 27.7 Å². The molecule has 3 aromatic rings. The van der Waals surface area contributed by atoms with E-state index in [2.05, 4.69) is 30.9 Å². The fourth-order valence-electron chi connectivity index (χ4n) is 2.74. The number of hydrogen-bond donors (Lipinski definition) is 3. The van der Waals surface area contributed by atoms with Crippen LogP contribution in [-0.4, -0.2) is 37.4 Å². The van der Waals surface area contributed by atoms with Crippen LogP contribution in [0.25, 0.3) is 11.2 Å². The normalized spacial score (nSPS) is 12.5. The fourth-order valence-corrected chi connectivity index (χ4v) is 4.25. The summed E-state index contributed by atoms with van der Waals surface area (Å²) in [6, 6.07) is 3.71. The molecule has 2 aromatic heterocycles. The number of anilines is 1. The molecule has 4 N–H and O–H groups in total. The highest BCUT2D eigenvalue weighted by molar-refractivity contribution is 9.10. The minimum absolute atomic E-state index is 0.161. The third-order valence-corrected chi connectivity index (χ3v) is 6.03. The van der Waals surface area contributed by atoms with E-state index in [-0.39, 0.29) is 19.0 Å². The summed E-state index contributed by atoms with van der Waals surface area (Å²) in [6.45, 7) is 0.651. The number of nitrogens with two attached hydrogens (primary N) is 1. The molecule has 0 atom stereocenters. The van der Waals surface area contributed by atoms with Crippen molar-refractivity contribution in [3.05, 3.63) is 22.9 Å². The molecular formula is C16H15BrN6O4S. The first kappa shape index (κ1) is 18.8. The van der Waals surface area contributed by atoms with E-state index in [1.54, 1.807) is 5.48 Å². The zero-order valence-electron chi connectivity index (χ0n) is 14.4. The Balaban J connectivity index is 1.69. The number of aryl methyl sites for hydroxylation is 1. The summed E-state index contributed by atoms with van der Waals surface area (Å²) in [4.78, 5) is 25.1. The molecule has 1 aromatic carbocycles. The van der Waals surface area contributed by atoms with Gasteiger partial charge < -0.3 is 19.8 Å². The van der Waals surface area contributed by atoms with Crippen LogP contribution in [0.2, 0.25) is 0 Å². The van der Waals surface area contributed by atoms with Crippen LogP contribution in [0.1, 0.15) is 12.8 Å². The van der Waals surface area contributed by atoms with E-state index in [4.69, 9.17) is 20.4 Å². The molecule has 0 spiro atoms. The van der Waals surface area contributed by atoms with Gasteiger partial charge >= 0.3 is 0 Å². The first-order chi connectivity index (χ1) is 13.6. The molecule has 0 saturated heterocycles. The molecule has 1 aliphatic rings. The number of ether oxygens (including phenoxy) is 2. The third-order valence-electron chi connectivity index (χ3n) is 4.06. The number of fused-ring (bicyclic) bond motifs is 2. The Labute approximate surface area is 171 Å². The Bertz CT molecular complexity index is 1060. The van der Waals surface area contributed by atoms with E-state index in [1.165, 1.54) is 18.1 Å². The first-order valence-corrected chi connectivity index (χ1v) is 9.84. The lowest BCUT2D eigenvalue weighted by Crippen LogP contribution is -2.18. The summed E-state index contributed by atoms with van der Waals surface area (Å²) in [5.74, 6) is 1.16. The number of amides is 1. The molecule has 10 nitrogen and oxygen atoms in total. The van der Waals surface area contributed by atoms with Gasteiger partial charge in [0.05, 0.1) is 0 Å². The largest absolute Gasteiger partial charge is 0.454 e. The number of rotatable bonds is 6. The monoisotopic (exact) mass is 466 g/mol. The number of carbonyl (C=O) groups excluding carboxylic acids is 1. The molecule has 0 fully saturated rings. The van der Waals surface area contributed by atoms with E-state index in [0.717, 1.165) is 9.37 Å². The fraction of sp³-hybridized carbons (Fsp3) is 0.250. The minimum Gasteiger partial charge on any atom is -0.454 e. The first-order valence-electron chi connectivity index (χ1n) is 8.23. The van der Waals surface area contributed by atoms with Gasteiger partial charge in [-0.05, 0) is 34.5 Å². The number of halogens is 1. The standard InChI is InChI=1S/C16H15BrN6O4S/c17-8-4-9-10(27-7-26-9)5-11(8)28-16-21-13-14(18)19-6-20-15(13)23(16)3-1-2-12(24)22-25/h4-6,25H,1-3,7H2,(H,22,24)(H2,18,19,20). The number of hydrogen-bond acceptors (Lipinski definition) is 9. The Morgan fingerprint density at radius 2 is 2.14 bits per heavy atom. The number of nitrogens with one attached hydrogen (secondary N) is 1. The van der Waals surface area contributed by atoms with Gasteiger partial charge in [-0.25, -0.2) is 20.4 Å². The molecule has 1 amide bonds. The van der Waals surface area contributed by atoms with Crippen LogP contribution in [0.5, 0.6) is 11.5 Å². The highest BCUT2D eigenvalue weighted by Crippen LogP contribution is 2.43. The molecule has 1 aliphatic heterocycles. The van der Waals surface area contributed by atoms with Crippen molar-refractivity contribution in [3.8, 4) is 11.5 Å². The van der Waals surface area contributed by atoms with Crippen molar-refractivity contribution in [1.29, 1.82) is 0 Å². The van der Waals surface area contributed by atoms with Crippen molar-refractivity contribution in [2.75, 3.05) is 12.5 Å². The predicted molar refractivity (Wildman–Crippen MR) is 103 cm³/mol. The zero-order valence-corrected chi connectivity index (χ0v) is 16.8. The van der Waals surface area contributed by atoms with Gasteiger partial charge in [0.2, 0.25) is 12.7 Å². The summed E-state index contributed by atoms with van der Waals surface area (Å²) >= 11 is 4.95. The van der Waals surface area contributed by atoms with Gasteiger partial charge in [-0.2, -0.15) is 0 Å². The van der Waals surface area contributed by atoms with Crippen LogP contribution in [0.4, 0.5) is 5.82 Å². The summed E-state index contributed by atoms with van der Waals surface area (Å²) in [5.41, 5.74) is 8.66. The number of nitrogens with zero attached hydrogens (tertiary/aromatic N) is 4. The Morgan fingerprint density at radius 3 is 2.93 bits per heavy atom. The van der Waals surface area contributed by atoms with Gasteiger partial charge in [0, 0.05) is 22.3 Å². The highest BCUT2D eigenvalue weighted by atomic mass is 79.9. The van der Waals surface area contributed by atoms with Gasteiger partial charge in [-0.15, -0.1) is 0 Å². The molecule has 4 rings (SSSR count). The summed E-state index contributed by atoms with van der Waals surface area (Å²) < 4.78 is 13.5. The van der Waals surface area contributed by atoms with Crippen molar-refractivity contribution in [1.82, 2.24) is 25.0 Å². The molecule has 0 aliphatic carbocycles. The van der Waals surface area contributed by atoms with Gasteiger partial charge in [-0.1, -0.05) is 11.8 Å². The number of nitrogen functional groups attached to an aromatic ring is 1. The maximum absolute atomic E-state index is 11.3. The maximum Gasteiger partial charge on any atom is 0.243 e. The molecule has 0 radical (unpaired) electrons. The van der Waals surface area contributed by atoms with Crippen molar-refractivity contribution in [2.24, 2.45) is 0 Å². The Kier molecular flexibility index (Phi) is 5.24. The zero-order chi connectivity index (χ0) is 19.7. The third kappa shape index (κ3) is 3.57. The smallest absolute Gasteiger partial charge is 0.243 e. The van der Waals surface area contributed by atoms with E-state index in [9.17, 15) is 4.79 Å². The molecule has 0 unspecified atom stereocenters. The number of hydroxylamine groups is 1. The number of benzene rings is 1. The molecule has 3 heterocycles. The number of imidazole rings is 1. The lowest BCUT2D eigenvalue weighted by Gasteiger charge is -2.09. The summed E-state index contributed by atoms with van der Waals surface area (Å²) in [5, 5.41) is 9.31. The molecule has 0 saturated carbocycles. The Hall–Kier alpha value is -2.57. The number of carbonyl (C=O) groups is 1. The summed E-state index contributed by atoms with van der Waals surface area (Å²) in [7, 11) is 0. The van der Waals surface area contributed by atoms with Gasteiger partial charge in [0.25, 0.3) is 0 Å². The van der Waals surface area contributed by atoms with Crippen molar-refractivity contribution >= 4 is 50.6 Å². The quantitative estimate of drug-likeness (QED) is 0.368. The lowest BCUT2D eigenvalue weighted by atomic mass is 10.3. The van der Waals surface area contributed by atoms with Gasteiger partial charge in [0.1, 0.15) is 6.33 Å². The SMILES string of the molecule is Nc1ncnc2c1nc(Sc1cc3c(cc1Br)OCO3)n2CCCC(=O)NO. The predicted octanol–water partition coefficient (Wildman–Crippen LogP) is 2.34. The minimum atomic E-state index is -0.453. The maximum atomic E-state index is 11.3. The van der Waals surface area contributed by atoms with Crippen LogP contribution in [0.3, 0.4) is 0 Å². The lowest BCUT2D eigenvalue weighted by molar-refractivity contribution is -0.129. The molecule has 0 bridgehead atoms. The Morgan fingerprint density at radius 1 is 1.36 bits per heavy atom. The van der Waals surface area contributed by atoms with Crippen LogP contribution in [0.15, 0.2) is 33.0 Å². The van der Waals surface area contributed by atoms with E-state index in [0.29, 0.717) is 40.8 Å². The molecular weight excluding hydrogens is 452 g/mol. The van der Waals surface area contributed by atoms with Gasteiger partial charge in [-0.3, -0.25) is 10.0 Å². The van der Waals surface area contributed by atoms with Crippen molar-refractivity contribution < 1.29 is 19.5 Å². The molecule has 12 heteroatoms. The van der Waals surface area contributed by atoms with Gasteiger partial charge in [0.15, 0.2) is 33.6 Å². The average molecular weight is 467 g/mol. The van der Waals surface area contributed by atoms with Crippen LogP contribution in [0, 0.1) is 0 Å². The number of aromatic nitrogens is 4. The molecule has 146 valence electrons. The van der Waals surface area contributed by atoms with E-state index < -0.39 is 5.91 Å². The van der Waals surface area contributed by atoms with Crippen molar-refractivity contribution in [2.45, 2.75) is 29.4 Å². The second-order valence-electron chi connectivity index (χ2n) is 5.85. The van der Waals surface area contributed by atoms with Crippen LogP contribution in [-0.2, 0) is 11.3 Å². The average Bonchev–Trinajstić information content (AvgIpc) is 3.27. The van der Waals surface area contributed by atoms with Crippen molar-refractivity contribution in [3.63, 3.8) is 0 Å². The van der Waals surface area contributed by atoms with E-state index >= 15 is 0 Å². The highest BCUT2D eigenvalue weighted by Gasteiger charge is 2.20.